The largest absolute Gasteiger partial charge is 0.354 e. The highest BCUT2D eigenvalue weighted by molar-refractivity contribution is 6.08. The summed E-state index contributed by atoms with van der Waals surface area (Å²) in [6.45, 7) is 0.742. The second-order valence-electron chi connectivity index (χ2n) is 7.88. The molecule has 0 aliphatic rings. The van der Waals surface area contributed by atoms with E-state index in [1.54, 1.807) is 0 Å². The van der Waals surface area contributed by atoms with Crippen LogP contribution in [0.1, 0.15) is 18.4 Å². The van der Waals surface area contributed by atoms with Gasteiger partial charge in [0.05, 0.1) is 5.52 Å². The van der Waals surface area contributed by atoms with Gasteiger partial charge in [0.25, 0.3) is 0 Å². The standard InChI is InChI=1S/C28H26N2/c29-19-7-6-12-25-26-18-17-22-10-4-5-11-24(22)28(26)30-27(25)23-15-13-21(14-16-23)20-8-2-1-3-9-20/h1-5,8-11,13-18,30H,6-7,12,19,29H2. The van der Waals surface area contributed by atoms with E-state index < -0.39 is 0 Å². The third-order valence-corrected chi connectivity index (χ3v) is 5.97. The highest BCUT2D eigenvalue weighted by Gasteiger charge is 2.15. The number of aryl methyl sites for hydroxylation is 1. The van der Waals surface area contributed by atoms with Gasteiger partial charge in [-0.3, -0.25) is 0 Å². The zero-order chi connectivity index (χ0) is 20.3. The molecule has 0 aliphatic carbocycles. The van der Waals surface area contributed by atoms with Crippen molar-refractivity contribution in [3.63, 3.8) is 0 Å². The van der Waals surface area contributed by atoms with E-state index in [1.807, 2.05) is 0 Å². The predicted octanol–water partition coefficient (Wildman–Crippen LogP) is 6.94. The van der Waals surface area contributed by atoms with Gasteiger partial charge in [0, 0.05) is 16.5 Å². The van der Waals surface area contributed by atoms with Gasteiger partial charge in [0.2, 0.25) is 0 Å². The zero-order valence-electron chi connectivity index (χ0n) is 17.1. The number of aromatic nitrogens is 1. The van der Waals surface area contributed by atoms with Crippen LogP contribution in [-0.2, 0) is 6.42 Å². The van der Waals surface area contributed by atoms with Crippen molar-refractivity contribution >= 4 is 21.7 Å². The Hall–Kier alpha value is -3.36. The van der Waals surface area contributed by atoms with Crippen molar-refractivity contribution in [2.45, 2.75) is 19.3 Å². The minimum atomic E-state index is 0.742. The Kier molecular flexibility index (Phi) is 5.08. The second kappa shape index (κ2) is 8.17. The molecule has 0 radical (unpaired) electrons. The molecule has 30 heavy (non-hydrogen) atoms. The molecule has 1 heterocycles. The lowest BCUT2D eigenvalue weighted by Crippen LogP contribution is -1.99. The SMILES string of the molecule is NCCCCc1c(-c2ccc(-c3ccccc3)cc2)[nH]c2c1ccc1ccccc12. The fraction of sp³-hybridized carbons (Fsp3) is 0.143. The topological polar surface area (TPSA) is 41.8 Å². The van der Waals surface area contributed by atoms with Crippen molar-refractivity contribution in [2.75, 3.05) is 6.54 Å². The smallest absolute Gasteiger partial charge is 0.0541 e. The van der Waals surface area contributed by atoms with Gasteiger partial charge in [-0.25, -0.2) is 0 Å². The molecular formula is C28H26N2. The van der Waals surface area contributed by atoms with Crippen LogP contribution in [0.3, 0.4) is 0 Å². The van der Waals surface area contributed by atoms with E-state index in [4.69, 9.17) is 5.73 Å². The summed E-state index contributed by atoms with van der Waals surface area (Å²) >= 11 is 0. The highest BCUT2D eigenvalue weighted by atomic mass is 14.7. The van der Waals surface area contributed by atoms with E-state index in [2.05, 4.69) is 96.0 Å². The first kappa shape index (κ1) is 18.7. The Morgan fingerprint density at radius 3 is 2.10 bits per heavy atom. The van der Waals surface area contributed by atoms with Gasteiger partial charge in [-0.2, -0.15) is 0 Å². The fourth-order valence-corrected chi connectivity index (χ4v) is 4.40. The molecule has 0 atom stereocenters. The Labute approximate surface area is 177 Å². The minimum Gasteiger partial charge on any atom is -0.354 e. The molecule has 0 bridgehead atoms. The maximum absolute atomic E-state index is 5.77. The first-order chi connectivity index (χ1) is 14.8. The van der Waals surface area contributed by atoms with Gasteiger partial charge >= 0.3 is 0 Å². The van der Waals surface area contributed by atoms with Gasteiger partial charge in [0.15, 0.2) is 0 Å². The van der Waals surface area contributed by atoms with Crippen LogP contribution in [0.25, 0.3) is 44.1 Å². The van der Waals surface area contributed by atoms with Gasteiger partial charge in [0.1, 0.15) is 0 Å². The summed E-state index contributed by atoms with van der Waals surface area (Å²) in [6.07, 6.45) is 3.18. The van der Waals surface area contributed by atoms with Crippen molar-refractivity contribution in [3.8, 4) is 22.4 Å². The Morgan fingerprint density at radius 2 is 1.30 bits per heavy atom. The summed E-state index contributed by atoms with van der Waals surface area (Å²) in [7, 11) is 0. The monoisotopic (exact) mass is 390 g/mol. The van der Waals surface area contributed by atoms with E-state index in [0.717, 1.165) is 25.8 Å². The molecule has 148 valence electrons. The molecule has 3 N–H and O–H groups in total. The van der Waals surface area contributed by atoms with Crippen LogP contribution in [0.5, 0.6) is 0 Å². The molecule has 0 saturated heterocycles. The number of fused-ring (bicyclic) bond motifs is 3. The number of unbranched alkanes of at least 4 members (excludes halogenated alkanes) is 1. The number of benzene rings is 4. The molecule has 0 fully saturated rings. The van der Waals surface area contributed by atoms with E-state index in [-0.39, 0.29) is 0 Å². The summed E-state index contributed by atoms with van der Waals surface area (Å²) in [5.74, 6) is 0. The third kappa shape index (κ3) is 3.40. The van der Waals surface area contributed by atoms with Gasteiger partial charge in [-0.1, -0.05) is 91.0 Å². The normalized spacial score (nSPS) is 11.4. The quantitative estimate of drug-likeness (QED) is 0.303. The lowest BCUT2D eigenvalue weighted by Gasteiger charge is -2.07. The summed E-state index contributed by atoms with van der Waals surface area (Å²) in [5.41, 5.74) is 13.4. The van der Waals surface area contributed by atoms with E-state index in [0.29, 0.717) is 0 Å². The maximum atomic E-state index is 5.77. The van der Waals surface area contributed by atoms with E-state index in [9.17, 15) is 0 Å². The number of nitrogens with one attached hydrogen (secondary N) is 1. The Bertz CT molecular complexity index is 1280. The molecule has 0 aliphatic heterocycles. The van der Waals surface area contributed by atoms with Gasteiger partial charge in [-0.15, -0.1) is 0 Å². The van der Waals surface area contributed by atoms with Crippen molar-refractivity contribution in [3.05, 3.63) is 96.6 Å². The molecule has 2 heteroatoms. The fourth-order valence-electron chi connectivity index (χ4n) is 4.40. The average Bonchev–Trinajstić information content (AvgIpc) is 3.19. The van der Waals surface area contributed by atoms with Gasteiger partial charge < -0.3 is 10.7 Å². The molecule has 2 nitrogen and oxygen atoms in total. The first-order valence-electron chi connectivity index (χ1n) is 10.7. The molecule has 4 aromatic carbocycles. The van der Waals surface area contributed by atoms with Crippen LogP contribution in [0.2, 0.25) is 0 Å². The molecule has 0 amide bonds. The lowest BCUT2D eigenvalue weighted by atomic mass is 9.97. The lowest BCUT2D eigenvalue weighted by molar-refractivity contribution is 0.748. The Balaban J connectivity index is 1.63. The molecule has 5 aromatic rings. The Morgan fingerprint density at radius 1 is 0.600 bits per heavy atom. The molecule has 0 unspecified atom stereocenters. The van der Waals surface area contributed by atoms with Crippen molar-refractivity contribution < 1.29 is 0 Å². The summed E-state index contributed by atoms with van der Waals surface area (Å²) in [5, 5.41) is 3.88. The van der Waals surface area contributed by atoms with Crippen molar-refractivity contribution in [1.82, 2.24) is 4.98 Å². The minimum absolute atomic E-state index is 0.742. The average molecular weight is 391 g/mol. The van der Waals surface area contributed by atoms with Crippen LogP contribution < -0.4 is 5.73 Å². The summed E-state index contributed by atoms with van der Waals surface area (Å²) in [6, 6.07) is 32.6. The van der Waals surface area contributed by atoms with Crippen LogP contribution in [0.4, 0.5) is 0 Å². The molecular weight excluding hydrogens is 364 g/mol. The van der Waals surface area contributed by atoms with Crippen LogP contribution in [-0.4, -0.2) is 11.5 Å². The third-order valence-electron chi connectivity index (χ3n) is 5.97. The predicted molar refractivity (Wildman–Crippen MR) is 129 cm³/mol. The van der Waals surface area contributed by atoms with E-state index >= 15 is 0 Å². The summed E-state index contributed by atoms with van der Waals surface area (Å²) in [4.78, 5) is 3.78. The van der Waals surface area contributed by atoms with Crippen LogP contribution in [0.15, 0.2) is 91.0 Å². The van der Waals surface area contributed by atoms with Crippen LogP contribution >= 0.6 is 0 Å². The molecule has 0 spiro atoms. The number of hydrogen-bond donors (Lipinski definition) is 2. The second-order valence-corrected chi connectivity index (χ2v) is 7.88. The first-order valence-corrected chi connectivity index (χ1v) is 10.7. The maximum Gasteiger partial charge on any atom is 0.0541 e. The van der Waals surface area contributed by atoms with E-state index in [1.165, 1.54) is 49.6 Å². The summed E-state index contributed by atoms with van der Waals surface area (Å²) < 4.78 is 0. The van der Waals surface area contributed by atoms with Crippen molar-refractivity contribution in [2.24, 2.45) is 5.73 Å². The zero-order valence-corrected chi connectivity index (χ0v) is 17.1. The molecule has 1 aromatic heterocycles. The van der Waals surface area contributed by atoms with Gasteiger partial charge in [-0.05, 0) is 53.4 Å². The van der Waals surface area contributed by atoms with Crippen LogP contribution in [0, 0.1) is 0 Å². The molecule has 0 saturated carbocycles. The molecule has 5 rings (SSSR count). The number of nitrogens with two attached hydrogens (primary N) is 1. The number of rotatable bonds is 6. The number of hydrogen-bond acceptors (Lipinski definition) is 1. The highest BCUT2D eigenvalue weighted by Crippen LogP contribution is 2.36. The number of aromatic amines is 1. The number of H-pyrrole nitrogens is 1. The van der Waals surface area contributed by atoms with Crippen molar-refractivity contribution in [1.29, 1.82) is 0 Å².